The number of rotatable bonds is 7. The molecule has 0 aliphatic carbocycles. The maximum atomic E-state index is 13.7. The Morgan fingerprint density at radius 2 is 1.80 bits per heavy atom. The zero-order valence-corrected chi connectivity index (χ0v) is 23.4. The molecule has 0 saturated heterocycles. The average Bonchev–Trinajstić information content (AvgIpc) is 2.97. The molecule has 1 aromatic carbocycles. The van der Waals surface area contributed by atoms with Crippen LogP contribution in [-0.2, 0) is 0 Å². The summed E-state index contributed by atoms with van der Waals surface area (Å²) < 4.78 is 6.33. The van der Waals surface area contributed by atoms with E-state index in [0.717, 1.165) is 5.56 Å². The number of carbonyl (C=O) groups is 3. The summed E-state index contributed by atoms with van der Waals surface area (Å²) in [6, 6.07) is 11.8. The first-order chi connectivity index (χ1) is 19.1. The van der Waals surface area contributed by atoms with E-state index in [-0.39, 0.29) is 48.2 Å². The van der Waals surface area contributed by atoms with Gasteiger partial charge in [0.05, 0.1) is 24.8 Å². The van der Waals surface area contributed by atoms with E-state index in [0.29, 0.717) is 23.2 Å². The van der Waals surface area contributed by atoms with Crippen LogP contribution in [0.5, 0.6) is 5.88 Å². The van der Waals surface area contributed by atoms with Crippen molar-refractivity contribution >= 4 is 17.7 Å². The summed E-state index contributed by atoms with van der Waals surface area (Å²) in [5.41, 5.74) is 2.76. The molecule has 3 aromatic rings. The molecule has 3 atom stereocenters. The molecular weight excluding hydrogens is 510 g/mol. The van der Waals surface area contributed by atoms with Crippen LogP contribution in [0.3, 0.4) is 0 Å². The Labute approximate surface area is 234 Å². The summed E-state index contributed by atoms with van der Waals surface area (Å²) in [7, 11) is 5.09. The third-order valence-corrected chi connectivity index (χ3v) is 7.10. The molecule has 0 radical (unpaired) electrons. The molecule has 40 heavy (non-hydrogen) atoms. The topological polar surface area (TPSA) is 116 Å². The smallest absolute Gasteiger partial charge is 0.259 e. The summed E-state index contributed by atoms with van der Waals surface area (Å²) in [6.07, 6.45) is 4.29. The van der Waals surface area contributed by atoms with Crippen molar-refractivity contribution in [1.82, 2.24) is 24.7 Å². The van der Waals surface area contributed by atoms with Crippen LogP contribution in [0.1, 0.15) is 44.9 Å². The Hall–Kier alpha value is -4.31. The molecule has 3 amide bonds. The van der Waals surface area contributed by atoms with E-state index in [1.54, 1.807) is 80.6 Å². The number of nitrogens with zero attached hydrogens (tertiary/aromatic N) is 5. The van der Waals surface area contributed by atoms with Crippen LogP contribution in [0.2, 0.25) is 0 Å². The number of ether oxygens (including phenoxy) is 1. The number of benzene rings is 1. The van der Waals surface area contributed by atoms with Gasteiger partial charge in [0.15, 0.2) is 0 Å². The van der Waals surface area contributed by atoms with Gasteiger partial charge in [-0.2, -0.15) is 0 Å². The minimum absolute atomic E-state index is 0.104. The van der Waals surface area contributed by atoms with Crippen molar-refractivity contribution in [1.29, 1.82) is 0 Å². The Bertz CT molecular complexity index is 1360. The van der Waals surface area contributed by atoms with Gasteiger partial charge in [0.25, 0.3) is 17.7 Å². The van der Waals surface area contributed by atoms with E-state index >= 15 is 0 Å². The third kappa shape index (κ3) is 6.12. The highest BCUT2D eigenvalue weighted by Crippen LogP contribution is 2.30. The van der Waals surface area contributed by atoms with E-state index < -0.39 is 12.1 Å². The molecule has 4 rings (SSSR count). The highest BCUT2D eigenvalue weighted by Gasteiger charge is 2.35. The number of amides is 3. The van der Waals surface area contributed by atoms with Gasteiger partial charge in [0.1, 0.15) is 11.7 Å². The van der Waals surface area contributed by atoms with Gasteiger partial charge in [-0.15, -0.1) is 0 Å². The van der Waals surface area contributed by atoms with Crippen LogP contribution < -0.4 is 4.74 Å². The second-order valence-electron chi connectivity index (χ2n) is 10.4. The van der Waals surface area contributed by atoms with Gasteiger partial charge in [-0.25, -0.2) is 4.98 Å². The fourth-order valence-electron chi connectivity index (χ4n) is 4.60. The van der Waals surface area contributed by atoms with Gasteiger partial charge in [-0.05, 0) is 42.8 Å². The molecule has 0 spiro atoms. The van der Waals surface area contributed by atoms with Crippen LogP contribution in [0, 0.1) is 5.92 Å². The fraction of sp³-hybridized carbons (Fsp3) is 0.367. The number of aromatic nitrogens is 2. The maximum absolute atomic E-state index is 13.7. The summed E-state index contributed by atoms with van der Waals surface area (Å²) in [5, 5.41) is 9.92. The van der Waals surface area contributed by atoms with Gasteiger partial charge in [-0.3, -0.25) is 19.4 Å². The van der Waals surface area contributed by atoms with Crippen LogP contribution in [0.25, 0.3) is 11.1 Å². The van der Waals surface area contributed by atoms with Crippen molar-refractivity contribution in [2.45, 2.75) is 26.0 Å². The van der Waals surface area contributed by atoms with E-state index in [4.69, 9.17) is 4.74 Å². The lowest BCUT2D eigenvalue weighted by atomic mass is 9.98. The number of aliphatic hydroxyl groups is 1. The Morgan fingerprint density at radius 3 is 2.42 bits per heavy atom. The molecule has 210 valence electrons. The average molecular weight is 546 g/mol. The fourth-order valence-corrected chi connectivity index (χ4v) is 4.60. The standard InChI is InChI=1S/C30H35N5O5/c1-19-16-35(20(2)18-36)30(39)25-13-24(21-8-10-22(11-9-21)28(37)33(3)4)15-32-27(25)40-26(19)17-34(5)29(38)23-7-6-12-31-14-23/h6-15,19-20,26,36H,16-18H2,1-5H3/t19-,20+,26+/m0/s1. The number of fused-ring (bicyclic) bond motifs is 1. The third-order valence-electron chi connectivity index (χ3n) is 7.10. The Morgan fingerprint density at radius 1 is 1.07 bits per heavy atom. The molecule has 0 bridgehead atoms. The monoisotopic (exact) mass is 545 g/mol. The molecular formula is C30H35N5O5. The Balaban J connectivity index is 1.67. The predicted octanol–water partition coefficient (Wildman–Crippen LogP) is 2.84. The van der Waals surface area contributed by atoms with Crippen LogP contribution >= 0.6 is 0 Å². The van der Waals surface area contributed by atoms with E-state index in [2.05, 4.69) is 9.97 Å². The number of likely N-dealkylation sites (N-methyl/N-ethyl adjacent to an activating group) is 1. The first-order valence-corrected chi connectivity index (χ1v) is 13.2. The number of hydrogen-bond donors (Lipinski definition) is 1. The molecule has 3 heterocycles. The SMILES string of the molecule is C[C@H](CO)N1C[C@H](C)[C@@H](CN(C)C(=O)c2cccnc2)Oc2ncc(-c3ccc(C(=O)N(C)C)cc3)cc2C1=O. The molecule has 0 fully saturated rings. The molecule has 10 heteroatoms. The van der Waals surface area contributed by atoms with Crippen LogP contribution in [0.4, 0.5) is 0 Å². The van der Waals surface area contributed by atoms with Crippen molar-refractivity contribution in [3.05, 3.63) is 77.7 Å². The van der Waals surface area contributed by atoms with Crippen molar-refractivity contribution in [2.75, 3.05) is 40.8 Å². The first-order valence-electron chi connectivity index (χ1n) is 13.2. The van der Waals surface area contributed by atoms with Crippen molar-refractivity contribution in [3.63, 3.8) is 0 Å². The van der Waals surface area contributed by atoms with Crippen molar-refractivity contribution in [3.8, 4) is 17.0 Å². The molecule has 1 aliphatic rings. The first kappa shape index (κ1) is 28.7. The van der Waals surface area contributed by atoms with Crippen molar-refractivity contribution in [2.24, 2.45) is 5.92 Å². The molecule has 0 unspecified atom stereocenters. The van der Waals surface area contributed by atoms with Crippen molar-refractivity contribution < 1.29 is 24.2 Å². The number of pyridine rings is 2. The van der Waals surface area contributed by atoms with E-state index in [1.165, 1.54) is 11.1 Å². The molecule has 1 N–H and O–H groups in total. The van der Waals surface area contributed by atoms with Gasteiger partial charge < -0.3 is 24.5 Å². The molecule has 0 saturated carbocycles. The van der Waals surface area contributed by atoms with Crippen LogP contribution in [0.15, 0.2) is 61.1 Å². The summed E-state index contributed by atoms with van der Waals surface area (Å²) in [4.78, 5) is 52.3. The lowest BCUT2D eigenvalue weighted by molar-refractivity contribution is 0.0313. The highest BCUT2D eigenvalue weighted by molar-refractivity contribution is 5.98. The maximum Gasteiger partial charge on any atom is 0.259 e. The second-order valence-corrected chi connectivity index (χ2v) is 10.4. The summed E-state index contributed by atoms with van der Waals surface area (Å²) >= 11 is 0. The lowest BCUT2D eigenvalue weighted by Crippen LogP contribution is -2.50. The Kier molecular flexibility index (Phi) is 8.79. The lowest BCUT2D eigenvalue weighted by Gasteiger charge is -2.37. The zero-order chi connectivity index (χ0) is 29.0. The normalized spacial score (nSPS) is 17.6. The molecule has 10 nitrogen and oxygen atoms in total. The summed E-state index contributed by atoms with van der Waals surface area (Å²) in [6.45, 7) is 4.12. The van der Waals surface area contributed by atoms with Gasteiger partial charge in [0.2, 0.25) is 5.88 Å². The van der Waals surface area contributed by atoms with Gasteiger partial charge >= 0.3 is 0 Å². The molecule has 2 aromatic heterocycles. The van der Waals surface area contributed by atoms with Gasteiger partial charge in [0, 0.05) is 63.3 Å². The number of aliphatic hydroxyl groups excluding tert-OH is 1. The number of carbonyl (C=O) groups excluding carboxylic acids is 3. The summed E-state index contributed by atoms with van der Waals surface area (Å²) in [5.74, 6) is -0.592. The molecule has 1 aliphatic heterocycles. The zero-order valence-electron chi connectivity index (χ0n) is 23.4. The predicted molar refractivity (Wildman–Crippen MR) is 150 cm³/mol. The second kappa shape index (κ2) is 12.3. The van der Waals surface area contributed by atoms with Gasteiger partial charge in [-0.1, -0.05) is 19.1 Å². The van der Waals surface area contributed by atoms with Crippen LogP contribution in [-0.4, -0.2) is 100 Å². The number of hydrogen-bond acceptors (Lipinski definition) is 7. The quantitative estimate of drug-likeness (QED) is 0.485. The minimum atomic E-state index is -0.472. The largest absolute Gasteiger partial charge is 0.472 e. The van der Waals surface area contributed by atoms with E-state index in [1.807, 2.05) is 19.1 Å². The van der Waals surface area contributed by atoms with E-state index in [9.17, 15) is 19.5 Å². The highest BCUT2D eigenvalue weighted by atomic mass is 16.5. The minimum Gasteiger partial charge on any atom is -0.472 e.